The minimum Gasteiger partial charge on any atom is -0.494 e. The number of carbonyl (C=O) groups is 1. The van der Waals surface area contributed by atoms with Gasteiger partial charge < -0.3 is 9.64 Å². The highest BCUT2D eigenvalue weighted by molar-refractivity contribution is 8.14. The van der Waals surface area contributed by atoms with Crippen LogP contribution < -0.4 is 14.4 Å². The quantitative estimate of drug-likeness (QED) is 0.466. The molecule has 0 aliphatic carbocycles. The fourth-order valence-corrected chi connectivity index (χ4v) is 4.24. The zero-order valence-corrected chi connectivity index (χ0v) is 19.1. The molecule has 2 aromatic rings. The van der Waals surface area contributed by atoms with Gasteiger partial charge in [0.15, 0.2) is 5.17 Å². The predicted molar refractivity (Wildman–Crippen MR) is 129 cm³/mol. The molecule has 1 heterocycles. The van der Waals surface area contributed by atoms with Crippen LogP contribution in [-0.4, -0.2) is 36.2 Å². The molecule has 1 amide bonds. The molecule has 0 fully saturated rings. The molecule has 0 saturated carbocycles. The average Bonchev–Trinajstić information content (AvgIpc) is 2.81. The molecule has 160 valence electrons. The van der Waals surface area contributed by atoms with Crippen LogP contribution in [0.4, 0.5) is 5.69 Å². The first-order chi connectivity index (χ1) is 15.1. The number of benzene rings is 2. The number of ether oxygens (including phenoxy) is 1. The third-order valence-electron chi connectivity index (χ3n) is 4.52. The van der Waals surface area contributed by atoms with Crippen molar-refractivity contribution < 1.29 is 9.53 Å². The lowest BCUT2D eigenvalue weighted by Gasteiger charge is -2.28. The third kappa shape index (κ3) is 6.29. The van der Waals surface area contributed by atoms with E-state index in [4.69, 9.17) is 15.0 Å². The van der Waals surface area contributed by atoms with Crippen molar-refractivity contribution in [1.82, 2.24) is 4.72 Å². The minimum absolute atomic E-state index is 0.185. The summed E-state index contributed by atoms with van der Waals surface area (Å²) in [6, 6.07) is 19.3. The predicted octanol–water partition coefficient (Wildman–Crippen LogP) is 4.60. The lowest BCUT2D eigenvalue weighted by atomic mass is 10.2. The summed E-state index contributed by atoms with van der Waals surface area (Å²) in [5.41, 5.74) is 2.94. The number of hydrogen-bond acceptors (Lipinski definition) is 7. The standard InChI is InChI=1S/C23H24N4O2S2/c1-17-16-31-23(25-21(17)22(28)26-30-2)27(19-11-9-18(15-24)10-12-19)13-6-14-29-20-7-4-3-5-8-20/h3-5,7-12H,6,13-14,16H2,1-2H3,(H,26,28). The Kier molecular flexibility index (Phi) is 8.44. The second-order valence-corrected chi connectivity index (χ2v) is 8.33. The van der Waals surface area contributed by atoms with Crippen molar-refractivity contribution in [2.24, 2.45) is 4.99 Å². The van der Waals surface area contributed by atoms with Crippen LogP contribution in [0.1, 0.15) is 18.9 Å². The van der Waals surface area contributed by atoms with Gasteiger partial charge in [-0.1, -0.05) is 41.9 Å². The van der Waals surface area contributed by atoms with Gasteiger partial charge in [0, 0.05) is 24.2 Å². The molecule has 0 aromatic heterocycles. The van der Waals surface area contributed by atoms with E-state index in [0.29, 0.717) is 30.2 Å². The highest BCUT2D eigenvalue weighted by Gasteiger charge is 2.23. The number of anilines is 1. The number of nitriles is 1. The second-order valence-electron chi connectivity index (χ2n) is 6.77. The third-order valence-corrected chi connectivity index (χ3v) is 6.05. The number of amides is 1. The Bertz CT molecular complexity index is 998. The van der Waals surface area contributed by atoms with Crippen LogP contribution in [-0.2, 0) is 4.79 Å². The van der Waals surface area contributed by atoms with E-state index in [0.717, 1.165) is 28.6 Å². The van der Waals surface area contributed by atoms with E-state index in [-0.39, 0.29) is 5.91 Å². The number of hydrogen-bond donors (Lipinski definition) is 1. The van der Waals surface area contributed by atoms with E-state index < -0.39 is 0 Å². The summed E-state index contributed by atoms with van der Waals surface area (Å²) in [4.78, 5) is 19.2. The molecule has 1 aliphatic heterocycles. The van der Waals surface area contributed by atoms with Gasteiger partial charge in [-0.25, -0.2) is 4.99 Å². The lowest BCUT2D eigenvalue weighted by molar-refractivity contribution is -0.115. The van der Waals surface area contributed by atoms with Gasteiger partial charge in [-0.05, 0) is 55.3 Å². The number of nitrogens with one attached hydrogen (secondary N) is 1. The number of aliphatic imine (C=N–C) groups is 1. The summed E-state index contributed by atoms with van der Waals surface area (Å²) >= 11 is 2.86. The number of carbonyl (C=O) groups excluding carboxylic acids is 1. The van der Waals surface area contributed by atoms with Gasteiger partial charge >= 0.3 is 0 Å². The van der Waals surface area contributed by atoms with Crippen molar-refractivity contribution in [2.45, 2.75) is 13.3 Å². The number of nitrogens with zero attached hydrogens (tertiary/aromatic N) is 3. The van der Waals surface area contributed by atoms with Crippen LogP contribution in [0.15, 0.2) is 70.9 Å². The molecule has 0 atom stereocenters. The zero-order valence-electron chi connectivity index (χ0n) is 17.5. The largest absolute Gasteiger partial charge is 0.494 e. The molecule has 31 heavy (non-hydrogen) atoms. The molecule has 6 nitrogen and oxygen atoms in total. The highest BCUT2D eigenvalue weighted by atomic mass is 32.2. The second kappa shape index (κ2) is 11.5. The van der Waals surface area contributed by atoms with Gasteiger partial charge in [-0.3, -0.25) is 9.52 Å². The summed E-state index contributed by atoms with van der Waals surface area (Å²) in [7, 11) is 0. The van der Waals surface area contributed by atoms with E-state index in [2.05, 4.69) is 15.7 Å². The van der Waals surface area contributed by atoms with Crippen LogP contribution in [0, 0.1) is 11.3 Å². The summed E-state index contributed by atoms with van der Waals surface area (Å²) in [6.45, 7) is 3.16. The highest BCUT2D eigenvalue weighted by Crippen LogP contribution is 2.28. The van der Waals surface area contributed by atoms with Crippen LogP contribution >= 0.6 is 23.7 Å². The first-order valence-electron chi connectivity index (χ1n) is 9.82. The van der Waals surface area contributed by atoms with Gasteiger partial charge in [-0.15, -0.1) is 0 Å². The van der Waals surface area contributed by atoms with Crippen LogP contribution in [0.2, 0.25) is 0 Å². The molecule has 0 radical (unpaired) electrons. The summed E-state index contributed by atoms with van der Waals surface area (Å²) in [5.74, 6) is 1.35. The topological polar surface area (TPSA) is 77.7 Å². The molecule has 1 N–H and O–H groups in total. The fraction of sp³-hybridized carbons (Fsp3) is 0.261. The zero-order chi connectivity index (χ0) is 22.1. The molecular formula is C23H24N4O2S2. The van der Waals surface area contributed by atoms with Crippen molar-refractivity contribution in [3.63, 3.8) is 0 Å². The van der Waals surface area contributed by atoms with E-state index in [9.17, 15) is 4.79 Å². The van der Waals surface area contributed by atoms with Crippen LogP contribution in [0.5, 0.6) is 5.75 Å². The van der Waals surface area contributed by atoms with Crippen molar-refractivity contribution in [3.8, 4) is 11.8 Å². The Morgan fingerprint density at radius 3 is 2.68 bits per heavy atom. The summed E-state index contributed by atoms with van der Waals surface area (Å²) < 4.78 is 8.59. The van der Waals surface area contributed by atoms with E-state index in [1.54, 1.807) is 23.9 Å². The first-order valence-corrected chi connectivity index (χ1v) is 12.0. The Morgan fingerprint density at radius 1 is 1.26 bits per heavy atom. The maximum absolute atomic E-state index is 12.4. The van der Waals surface area contributed by atoms with Gasteiger partial charge in [0.1, 0.15) is 11.4 Å². The van der Waals surface area contributed by atoms with Crippen molar-refractivity contribution in [2.75, 3.05) is 30.1 Å². The molecule has 2 aromatic carbocycles. The van der Waals surface area contributed by atoms with Gasteiger partial charge in [0.2, 0.25) is 0 Å². The maximum atomic E-state index is 12.4. The molecule has 0 spiro atoms. The maximum Gasteiger partial charge on any atom is 0.279 e. The summed E-state index contributed by atoms with van der Waals surface area (Å²) in [5, 5.41) is 9.88. The normalized spacial score (nSPS) is 13.3. The molecule has 8 heteroatoms. The summed E-state index contributed by atoms with van der Waals surface area (Å²) in [6.07, 6.45) is 2.58. The van der Waals surface area contributed by atoms with Crippen molar-refractivity contribution in [1.29, 1.82) is 5.26 Å². The van der Waals surface area contributed by atoms with Gasteiger partial charge in [0.25, 0.3) is 5.91 Å². The Labute approximate surface area is 191 Å². The smallest absolute Gasteiger partial charge is 0.279 e. The lowest BCUT2D eigenvalue weighted by Crippen LogP contribution is -2.33. The van der Waals surface area contributed by atoms with Crippen molar-refractivity contribution >= 4 is 40.5 Å². The SMILES string of the molecule is CSNC(=O)C1=C(C)CSC(N(CCCOc2ccccc2)c2ccc(C#N)cc2)=N1. The number of para-hydroxylation sites is 1. The van der Waals surface area contributed by atoms with E-state index in [1.165, 1.54) is 11.9 Å². The molecule has 0 unspecified atom stereocenters. The monoisotopic (exact) mass is 452 g/mol. The number of rotatable bonds is 8. The molecule has 0 saturated heterocycles. The van der Waals surface area contributed by atoms with E-state index >= 15 is 0 Å². The average molecular weight is 453 g/mol. The molecule has 0 bridgehead atoms. The number of amidine groups is 1. The Morgan fingerprint density at radius 2 is 2.00 bits per heavy atom. The number of thioether (sulfide) groups is 1. The van der Waals surface area contributed by atoms with Gasteiger partial charge in [0.05, 0.1) is 18.2 Å². The van der Waals surface area contributed by atoms with E-state index in [1.807, 2.05) is 55.6 Å². The minimum atomic E-state index is -0.185. The molecule has 3 rings (SSSR count). The fourth-order valence-electron chi connectivity index (χ4n) is 2.97. The van der Waals surface area contributed by atoms with Gasteiger partial charge in [-0.2, -0.15) is 5.26 Å². The molecular weight excluding hydrogens is 428 g/mol. The Balaban J connectivity index is 1.78. The Hall–Kier alpha value is -2.89. The molecule has 1 aliphatic rings. The first kappa shape index (κ1) is 22.8. The van der Waals surface area contributed by atoms with Crippen LogP contribution in [0.25, 0.3) is 0 Å². The van der Waals surface area contributed by atoms with Crippen LogP contribution in [0.3, 0.4) is 0 Å². The van der Waals surface area contributed by atoms with Crippen molar-refractivity contribution in [3.05, 3.63) is 71.4 Å².